The van der Waals surface area contributed by atoms with E-state index < -0.39 is 0 Å². The summed E-state index contributed by atoms with van der Waals surface area (Å²) in [4.78, 5) is 16.4. The highest BCUT2D eigenvalue weighted by Crippen LogP contribution is 2.31. The van der Waals surface area contributed by atoms with E-state index in [-0.39, 0.29) is 0 Å². The van der Waals surface area contributed by atoms with E-state index in [1.54, 1.807) is 12.4 Å². The van der Waals surface area contributed by atoms with Gasteiger partial charge in [-0.25, -0.2) is 9.97 Å². The Labute approximate surface area is 145 Å². The van der Waals surface area contributed by atoms with E-state index >= 15 is 0 Å². The second-order valence-electron chi connectivity index (χ2n) is 6.32. The summed E-state index contributed by atoms with van der Waals surface area (Å²) in [5.41, 5.74) is 9.17. The Morgan fingerprint density at radius 3 is 3.04 bits per heavy atom. The van der Waals surface area contributed by atoms with E-state index in [4.69, 9.17) is 11.0 Å². The molecular formula is C18H19N7. The molecule has 3 heterocycles. The Bertz CT molecular complexity index is 955. The number of H-pyrrole nitrogens is 1. The van der Waals surface area contributed by atoms with Crippen molar-refractivity contribution >= 4 is 28.2 Å². The van der Waals surface area contributed by atoms with Crippen LogP contribution in [-0.2, 0) is 0 Å². The summed E-state index contributed by atoms with van der Waals surface area (Å²) < 4.78 is 0. The topological polar surface area (TPSA) is 97.9 Å². The number of rotatable bonds is 3. The smallest absolute Gasteiger partial charge is 0.142 e. The third-order valence-electron chi connectivity index (χ3n) is 4.88. The van der Waals surface area contributed by atoms with E-state index in [1.807, 2.05) is 24.4 Å². The van der Waals surface area contributed by atoms with E-state index in [9.17, 15) is 0 Å². The van der Waals surface area contributed by atoms with Crippen molar-refractivity contribution in [1.82, 2.24) is 15.0 Å². The normalized spacial score (nSPS) is 17.0. The van der Waals surface area contributed by atoms with Gasteiger partial charge < -0.3 is 20.5 Å². The van der Waals surface area contributed by atoms with Crippen molar-refractivity contribution in [2.45, 2.75) is 12.5 Å². The molecule has 1 atom stereocenters. The zero-order valence-electron chi connectivity index (χ0n) is 14.0. The lowest BCUT2D eigenvalue weighted by molar-refractivity contribution is 0.693. The van der Waals surface area contributed by atoms with Crippen LogP contribution in [0.4, 0.5) is 17.2 Å². The highest BCUT2D eigenvalue weighted by Gasteiger charge is 2.28. The monoisotopic (exact) mass is 333 g/mol. The van der Waals surface area contributed by atoms with Crippen LogP contribution in [0.1, 0.15) is 12.0 Å². The minimum absolute atomic E-state index is 0.333. The maximum Gasteiger partial charge on any atom is 0.142 e. The van der Waals surface area contributed by atoms with Crippen molar-refractivity contribution in [3.63, 3.8) is 0 Å². The van der Waals surface area contributed by atoms with Gasteiger partial charge in [-0.05, 0) is 30.7 Å². The van der Waals surface area contributed by atoms with Crippen molar-refractivity contribution in [2.75, 3.05) is 35.7 Å². The number of benzene rings is 1. The zero-order chi connectivity index (χ0) is 17.4. The summed E-state index contributed by atoms with van der Waals surface area (Å²) in [6, 6.07) is 9.93. The van der Waals surface area contributed by atoms with Crippen molar-refractivity contribution in [2.24, 2.45) is 0 Å². The Kier molecular flexibility index (Phi) is 3.65. The van der Waals surface area contributed by atoms with Crippen LogP contribution in [0.15, 0.2) is 36.8 Å². The fourth-order valence-corrected chi connectivity index (χ4v) is 3.50. The Balaban J connectivity index is 1.56. The second-order valence-corrected chi connectivity index (χ2v) is 6.32. The van der Waals surface area contributed by atoms with E-state index in [0.717, 1.165) is 42.0 Å². The lowest BCUT2D eigenvalue weighted by Gasteiger charge is -2.28. The van der Waals surface area contributed by atoms with E-state index in [1.165, 1.54) is 0 Å². The Hall–Kier alpha value is -3.27. The van der Waals surface area contributed by atoms with Gasteiger partial charge in [-0.1, -0.05) is 0 Å². The van der Waals surface area contributed by atoms with Gasteiger partial charge in [0.2, 0.25) is 0 Å². The number of nitrogens with one attached hydrogen (secondary N) is 1. The molecule has 0 saturated carbocycles. The second kappa shape index (κ2) is 5.98. The molecule has 3 aromatic rings. The molecule has 0 aliphatic carbocycles. The predicted octanol–water partition coefficient (Wildman–Crippen LogP) is 2.13. The van der Waals surface area contributed by atoms with Crippen molar-refractivity contribution in [1.29, 1.82) is 5.26 Å². The van der Waals surface area contributed by atoms with Gasteiger partial charge in [-0.2, -0.15) is 5.26 Å². The van der Waals surface area contributed by atoms with Crippen molar-refractivity contribution in [3.05, 3.63) is 42.4 Å². The van der Waals surface area contributed by atoms with Gasteiger partial charge in [0.1, 0.15) is 17.8 Å². The minimum Gasteiger partial charge on any atom is -0.397 e. The first-order chi connectivity index (χ1) is 12.2. The van der Waals surface area contributed by atoms with Gasteiger partial charge in [0.15, 0.2) is 0 Å². The fraction of sp³-hybridized carbons (Fsp3) is 0.278. The Morgan fingerprint density at radius 2 is 2.24 bits per heavy atom. The summed E-state index contributed by atoms with van der Waals surface area (Å²) in [5, 5.41) is 10.0. The third kappa shape index (κ3) is 2.62. The van der Waals surface area contributed by atoms with Crippen LogP contribution in [-0.4, -0.2) is 41.1 Å². The van der Waals surface area contributed by atoms with Gasteiger partial charge in [0.05, 0.1) is 28.4 Å². The lowest BCUT2D eigenvalue weighted by Crippen LogP contribution is -2.35. The van der Waals surface area contributed by atoms with Crippen LogP contribution in [0.25, 0.3) is 11.0 Å². The largest absolute Gasteiger partial charge is 0.397 e. The third-order valence-corrected chi connectivity index (χ3v) is 4.88. The number of nitriles is 1. The molecule has 1 aliphatic rings. The molecule has 0 spiro atoms. The summed E-state index contributed by atoms with van der Waals surface area (Å²) in [7, 11) is 2.05. The molecule has 0 bridgehead atoms. The molecule has 0 amide bonds. The standard InChI is InChI=1S/C18H19N7/c1-24(16-3-2-12(9-19)8-15(16)20)13-5-7-25(10-13)18-14-4-6-21-17(14)22-11-23-18/h2-4,6,8,11,13H,5,7,10,20H2,1H3,(H,21,22,23)/t13-/m1/s1. The SMILES string of the molecule is CN(c1ccc(C#N)cc1N)[C@@H]1CCN(c2ncnc3[nH]ccc23)C1. The zero-order valence-corrected chi connectivity index (χ0v) is 14.0. The number of likely N-dealkylation sites (N-methyl/N-ethyl adjacent to an activating group) is 1. The molecule has 0 unspecified atom stereocenters. The molecule has 1 aliphatic heterocycles. The molecule has 126 valence electrons. The van der Waals surface area contributed by atoms with Crippen molar-refractivity contribution < 1.29 is 0 Å². The van der Waals surface area contributed by atoms with Gasteiger partial charge >= 0.3 is 0 Å². The average molecular weight is 333 g/mol. The molecule has 7 heteroatoms. The van der Waals surface area contributed by atoms with Crippen LogP contribution in [0.3, 0.4) is 0 Å². The quantitative estimate of drug-likeness (QED) is 0.713. The highest BCUT2D eigenvalue weighted by molar-refractivity contribution is 5.87. The molecule has 3 N–H and O–H groups in total. The highest BCUT2D eigenvalue weighted by atomic mass is 15.3. The predicted molar refractivity (Wildman–Crippen MR) is 98.5 cm³/mol. The number of nitrogens with two attached hydrogens (primary N) is 1. The van der Waals surface area contributed by atoms with Crippen LogP contribution in [0.2, 0.25) is 0 Å². The molecule has 7 nitrogen and oxygen atoms in total. The van der Waals surface area contributed by atoms with Crippen LogP contribution in [0, 0.1) is 11.3 Å². The number of anilines is 3. The molecule has 0 radical (unpaired) electrons. The van der Waals surface area contributed by atoms with Crippen molar-refractivity contribution in [3.8, 4) is 6.07 Å². The maximum absolute atomic E-state index is 8.99. The maximum atomic E-state index is 8.99. The first-order valence-electron chi connectivity index (χ1n) is 8.23. The average Bonchev–Trinajstić information content (AvgIpc) is 3.30. The summed E-state index contributed by atoms with van der Waals surface area (Å²) in [6.45, 7) is 1.80. The number of aromatic amines is 1. The molecule has 1 aromatic carbocycles. The summed E-state index contributed by atoms with van der Waals surface area (Å²) in [5.74, 6) is 0.968. The molecule has 2 aromatic heterocycles. The molecule has 4 rings (SSSR count). The summed E-state index contributed by atoms with van der Waals surface area (Å²) in [6.07, 6.45) is 4.51. The molecule has 25 heavy (non-hydrogen) atoms. The van der Waals surface area contributed by atoms with Gasteiger partial charge in [0, 0.05) is 32.4 Å². The fourth-order valence-electron chi connectivity index (χ4n) is 3.50. The molecule has 1 fully saturated rings. The number of fused-ring (bicyclic) bond motifs is 1. The first kappa shape index (κ1) is 15.3. The number of hydrogen-bond acceptors (Lipinski definition) is 6. The van der Waals surface area contributed by atoms with Gasteiger partial charge in [-0.3, -0.25) is 0 Å². The minimum atomic E-state index is 0.333. The summed E-state index contributed by atoms with van der Waals surface area (Å²) >= 11 is 0. The van der Waals surface area contributed by atoms with Crippen LogP contribution in [0.5, 0.6) is 0 Å². The number of hydrogen-bond donors (Lipinski definition) is 2. The number of nitrogens with zero attached hydrogens (tertiary/aromatic N) is 5. The molecule has 1 saturated heterocycles. The van der Waals surface area contributed by atoms with Crippen LogP contribution >= 0.6 is 0 Å². The van der Waals surface area contributed by atoms with Gasteiger partial charge in [0.25, 0.3) is 0 Å². The van der Waals surface area contributed by atoms with E-state index in [2.05, 4.69) is 37.9 Å². The van der Waals surface area contributed by atoms with Crippen LogP contribution < -0.4 is 15.5 Å². The van der Waals surface area contributed by atoms with Gasteiger partial charge in [-0.15, -0.1) is 0 Å². The van der Waals surface area contributed by atoms with E-state index in [0.29, 0.717) is 17.3 Å². The molecular weight excluding hydrogens is 314 g/mol. The number of aromatic nitrogens is 3. The first-order valence-corrected chi connectivity index (χ1v) is 8.23. The Morgan fingerprint density at radius 1 is 1.36 bits per heavy atom. The lowest BCUT2D eigenvalue weighted by atomic mass is 10.1. The number of nitrogen functional groups attached to an aromatic ring is 1.